The van der Waals surface area contributed by atoms with Crippen molar-refractivity contribution in [3.8, 4) is 5.69 Å². The molecule has 2 heterocycles. The van der Waals surface area contributed by atoms with Crippen molar-refractivity contribution in [3.05, 3.63) is 54.5 Å². The van der Waals surface area contributed by atoms with E-state index in [0.29, 0.717) is 11.4 Å². The number of halogens is 1. The van der Waals surface area contributed by atoms with Gasteiger partial charge in [0.2, 0.25) is 5.91 Å². The predicted molar refractivity (Wildman–Crippen MR) is 97.3 cm³/mol. The van der Waals surface area contributed by atoms with Gasteiger partial charge in [-0.3, -0.25) is 9.69 Å². The Kier molecular flexibility index (Phi) is 4.23. The highest BCUT2D eigenvalue weighted by molar-refractivity contribution is 5.90. The highest BCUT2D eigenvalue weighted by atomic mass is 19.1. The quantitative estimate of drug-likeness (QED) is 0.768. The number of anilines is 1. The second kappa shape index (κ2) is 6.71. The number of ether oxygens (including phenoxy) is 1. The summed E-state index contributed by atoms with van der Waals surface area (Å²) in [5, 5.41) is 7.77. The fourth-order valence-electron chi connectivity index (χ4n) is 3.10. The van der Waals surface area contributed by atoms with E-state index in [-0.39, 0.29) is 19.0 Å². The number of amides is 2. The molecule has 138 valence electrons. The molecule has 1 unspecified atom stereocenters. The van der Waals surface area contributed by atoms with Gasteiger partial charge in [-0.15, -0.1) is 0 Å². The monoisotopic (exact) mass is 368 g/mol. The van der Waals surface area contributed by atoms with Crippen molar-refractivity contribution >= 4 is 28.6 Å². The van der Waals surface area contributed by atoms with Gasteiger partial charge >= 0.3 is 6.09 Å². The van der Waals surface area contributed by atoms with Crippen LogP contribution in [-0.4, -0.2) is 41.0 Å². The van der Waals surface area contributed by atoms with Crippen molar-refractivity contribution in [3.63, 3.8) is 0 Å². The summed E-state index contributed by atoms with van der Waals surface area (Å²) in [6, 6.07) is 12.0. The van der Waals surface area contributed by atoms with Crippen LogP contribution >= 0.6 is 0 Å². The Bertz CT molecular complexity index is 1030. The number of rotatable bonds is 4. The molecule has 2 amide bonds. The molecule has 7 nitrogen and oxygen atoms in total. The van der Waals surface area contributed by atoms with Crippen molar-refractivity contribution < 1.29 is 18.7 Å². The molecule has 1 atom stereocenters. The number of nitrogens with zero attached hydrogens (tertiary/aromatic N) is 3. The van der Waals surface area contributed by atoms with Gasteiger partial charge in [-0.1, -0.05) is 18.2 Å². The van der Waals surface area contributed by atoms with Crippen molar-refractivity contribution in [2.75, 3.05) is 18.0 Å². The zero-order chi connectivity index (χ0) is 19.0. The van der Waals surface area contributed by atoms with Gasteiger partial charge in [0.25, 0.3) is 0 Å². The predicted octanol–water partition coefficient (Wildman–Crippen LogP) is 2.63. The lowest BCUT2D eigenvalue weighted by atomic mass is 10.2. The molecule has 8 heteroatoms. The molecule has 0 aliphatic carbocycles. The zero-order valence-corrected chi connectivity index (χ0v) is 14.6. The Morgan fingerprint density at radius 1 is 1.33 bits per heavy atom. The third kappa shape index (κ3) is 3.21. The second-order valence-corrected chi connectivity index (χ2v) is 6.30. The molecule has 27 heavy (non-hydrogen) atoms. The topological polar surface area (TPSA) is 76.5 Å². The van der Waals surface area contributed by atoms with Gasteiger partial charge in [-0.25, -0.2) is 13.9 Å². The summed E-state index contributed by atoms with van der Waals surface area (Å²) >= 11 is 0. The number of carbonyl (C=O) groups excluding carboxylic acids is 2. The molecule has 3 aromatic rings. The van der Waals surface area contributed by atoms with Crippen LogP contribution in [0.2, 0.25) is 0 Å². The molecular weight excluding hydrogens is 351 g/mol. The summed E-state index contributed by atoms with van der Waals surface area (Å²) in [7, 11) is 0. The van der Waals surface area contributed by atoms with Gasteiger partial charge in [0.1, 0.15) is 11.8 Å². The van der Waals surface area contributed by atoms with E-state index >= 15 is 0 Å². The van der Waals surface area contributed by atoms with Crippen LogP contribution < -0.4 is 10.2 Å². The van der Waals surface area contributed by atoms with Crippen LogP contribution in [0.15, 0.2) is 48.7 Å². The molecule has 1 fully saturated rings. The standard InChI is InChI=1S/C19H17FN4O3/c1-12(25)21-10-15-11-23(19(26)27-15)14-6-7-18(16(20)8-14)24-17-5-3-2-4-13(17)9-22-24/h2-9,15H,10-11H2,1H3,(H,21,25). The molecule has 1 aliphatic heterocycles. The van der Waals surface area contributed by atoms with Gasteiger partial charge in [-0.2, -0.15) is 5.10 Å². The first-order valence-electron chi connectivity index (χ1n) is 8.48. The number of hydrogen-bond donors (Lipinski definition) is 1. The van der Waals surface area contributed by atoms with E-state index in [4.69, 9.17) is 4.74 Å². The maximum atomic E-state index is 14.8. The summed E-state index contributed by atoms with van der Waals surface area (Å²) in [6.45, 7) is 1.85. The number of fused-ring (bicyclic) bond motifs is 1. The molecule has 1 aliphatic rings. The van der Waals surface area contributed by atoms with Crippen LogP contribution in [0.4, 0.5) is 14.9 Å². The first kappa shape index (κ1) is 17.0. The van der Waals surface area contributed by atoms with E-state index < -0.39 is 18.0 Å². The largest absolute Gasteiger partial charge is 0.442 e. The Labute approximate surface area is 154 Å². The SMILES string of the molecule is CC(=O)NCC1CN(c2ccc(-n3ncc4ccccc43)c(F)c2)C(=O)O1. The molecule has 0 radical (unpaired) electrons. The highest BCUT2D eigenvalue weighted by Crippen LogP contribution is 2.27. The maximum absolute atomic E-state index is 14.8. The minimum Gasteiger partial charge on any atom is -0.442 e. The van der Waals surface area contributed by atoms with Crippen molar-refractivity contribution in [1.82, 2.24) is 15.1 Å². The van der Waals surface area contributed by atoms with Gasteiger partial charge in [0.15, 0.2) is 5.82 Å². The van der Waals surface area contributed by atoms with Gasteiger partial charge in [0.05, 0.1) is 30.5 Å². The summed E-state index contributed by atoms with van der Waals surface area (Å²) in [5.41, 5.74) is 1.48. The fourth-order valence-corrected chi connectivity index (χ4v) is 3.10. The van der Waals surface area contributed by atoms with E-state index in [1.165, 1.54) is 22.6 Å². The number of hydrogen-bond acceptors (Lipinski definition) is 4. The van der Waals surface area contributed by atoms with Gasteiger partial charge in [0, 0.05) is 12.3 Å². The van der Waals surface area contributed by atoms with Crippen molar-refractivity contribution in [2.45, 2.75) is 13.0 Å². The first-order chi connectivity index (χ1) is 13.0. The molecule has 4 rings (SSSR count). The molecule has 2 aromatic carbocycles. The number of para-hydroxylation sites is 1. The summed E-state index contributed by atoms with van der Waals surface area (Å²) in [6.07, 6.45) is 0.633. The van der Waals surface area contributed by atoms with E-state index in [1.807, 2.05) is 24.3 Å². The second-order valence-electron chi connectivity index (χ2n) is 6.30. The van der Waals surface area contributed by atoms with Crippen LogP contribution in [-0.2, 0) is 9.53 Å². The average Bonchev–Trinajstić information content (AvgIpc) is 3.23. The average molecular weight is 368 g/mol. The molecule has 0 saturated carbocycles. The molecule has 0 spiro atoms. The van der Waals surface area contributed by atoms with Crippen LogP contribution in [0.5, 0.6) is 0 Å². The van der Waals surface area contributed by atoms with E-state index in [1.54, 1.807) is 18.3 Å². The maximum Gasteiger partial charge on any atom is 0.414 e. The molecule has 0 bridgehead atoms. The number of benzene rings is 2. The molecule has 1 saturated heterocycles. The number of cyclic esters (lactones) is 1. The number of aromatic nitrogens is 2. The fraction of sp³-hybridized carbons (Fsp3) is 0.211. The van der Waals surface area contributed by atoms with Crippen LogP contribution in [0.1, 0.15) is 6.92 Å². The number of carbonyl (C=O) groups is 2. The first-order valence-corrected chi connectivity index (χ1v) is 8.48. The lowest BCUT2D eigenvalue weighted by molar-refractivity contribution is -0.119. The minimum absolute atomic E-state index is 0.202. The van der Waals surface area contributed by atoms with Crippen LogP contribution in [0, 0.1) is 5.82 Å². The van der Waals surface area contributed by atoms with Gasteiger partial charge in [-0.05, 0) is 24.3 Å². The Morgan fingerprint density at radius 3 is 2.93 bits per heavy atom. The van der Waals surface area contributed by atoms with Crippen molar-refractivity contribution in [1.29, 1.82) is 0 Å². The third-order valence-electron chi connectivity index (χ3n) is 4.40. The normalized spacial score (nSPS) is 16.6. The summed E-state index contributed by atoms with van der Waals surface area (Å²) in [5.74, 6) is -0.703. The highest BCUT2D eigenvalue weighted by Gasteiger charge is 2.32. The van der Waals surface area contributed by atoms with E-state index in [2.05, 4.69) is 10.4 Å². The Balaban J connectivity index is 1.59. The minimum atomic E-state index is -0.568. The number of nitrogens with one attached hydrogen (secondary N) is 1. The molecular formula is C19H17FN4O3. The third-order valence-corrected chi connectivity index (χ3v) is 4.40. The lowest BCUT2D eigenvalue weighted by Crippen LogP contribution is -2.33. The Morgan fingerprint density at radius 2 is 2.15 bits per heavy atom. The zero-order valence-electron chi connectivity index (χ0n) is 14.6. The summed E-state index contributed by atoms with van der Waals surface area (Å²) < 4.78 is 21.5. The molecule has 1 N–H and O–H groups in total. The van der Waals surface area contributed by atoms with Crippen molar-refractivity contribution in [2.24, 2.45) is 0 Å². The van der Waals surface area contributed by atoms with E-state index in [9.17, 15) is 14.0 Å². The van der Waals surface area contributed by atoms with Crippen LogP contribution in [0.3, 0.4) is 0 Å². The summed E-state index contributed by atoms with van der Waals surface area (Å²) in [4.78, 5) is 24.4. The van der Waals surface area contributed by atoms with E-state index in [0.717, 1.165) is 10.9 Å². The smallest absolute Gasteiger partial charge is 0.414 e. The lowest BCUT2D eigenvalue weighted by Gasteiger charge is -2.14. The molecule has 1 aromatic heterocycles. The van der Waals surface area contributed by atoms with Crippen LogP contribution in [0.25, 0.3) is 16.6 Å². The van der Waals surface area contributed by atoms with Gasteiger partial charge < -0.3 is 10.1 Å². The Hall–Kier alpha value is -3.42.